The Hall–Kier alpha value is -2.42. The molecular formula is C24H16Cl2N4S3. The minimum absolute atomic E-state index is 0.570. The highest BCUT2D eigenvalue weighted by atomic mass is 35.5. The molecular weight excluding hydrogens is 511 g/mol. The summed E-state index contributed by atoms with van der Waals surface area (Å²) in [4.78, 5) is 9.36. The molecule has 0 spiro atoms. The maximum absolute atomic E-state index is 6.33. The predicted octanol–water partition coefficient (Wildman–Crippen LogP) is 8.34. The molecule has 0 bridgehead atoms. The first-order valence-electron chi connectivity index (χ1n) is 9.93. The Morgan fingerprint density at radius 1 is 0.970 bits per heavy atom. The van der Waals surface area contributed by atoms with E-state index in [1.807, 2.05) is 47.8 Å². The Kier molecular flexibility index (Phi) is 6.94. The standard InChI is InChI=1S/C24H16Cl2N4S3/c25-16-10-11-17(18(26)12-16)21-14-31-23(27-21)30-29-20(15-6-2-1-3-7-15)13-32-24-28-19-8-4-5-9-22(19)33-24/h1-12,14H,13H2,(H,27,30)/b29-20-. The third-order valence-corrected chi connectivity index (χ3v) is 8.20. The van der Waals surface area contributed by atoms with Gasteiger partial charge in [-0.2, -0.15) is 5.10 Å². The second-order valence-corrected chi connectivity index (χ2v) is 10.9. The SMILES string of the molecule is Clc1ccc(-c2csc(N/N=C(/CSc3nc4ccccc4s3)c3ccccc3)n2)c(Cl)c1. The summed E-state index contributed by atoms with van der Waals surface area (Å²) in [5.74, 6) is 0.679. The van der Waals surface area contributed by atoms with Crippen LogP contribution in [0, 0.1) is 0 Å². The summed E-state index contributed by atoms with van der Waals surface area (Å²) >= 11 is 17.2. The minimum Gasteiger partial charge on any atom is -0.252 e. The van der Waals surface area contributed by atoms with Crippen LogP contribution in [0.1, 0.15) is 5.56 Å². The second kappa shape index (κ2) is 10.2. The van der Waals surface area contributed by atoms with Crippen molar-refractivity contribution >= 4 is 78.7 Å². The van der Waals surface area contributed by atoms with Crippen LogP contribution in [0.15, 0.2) is 87.6 Å². The van der Waals surface area contributed by atoms with Crippen molar-refractivity contribution in [1.29, 1.82) is 0 Å². The van der Waals surface area contributed by atoms with Gasteiger partial charge in [0.05, 0.1) is 26.6 Å². The molecule has 0 unspecified atom stereocenters. The summed E-state index contributed by atoms with van der Waals surface area (Å²) in [6.07, 6.45) is 0. The molecule has 2 heterocycles. The lowest BCUT2D eigenvalue weighted by Gasteiger charge is -2.06. The van der Waals surface area contributed by atoms with Crippen LogP contribution in [0.25, 0.3) is 21.5 Å². The van der Waals surface area contributed by atoms with E-state index in [4.69, 9.17) is 33.3 Å². The maximum Gasteiger partial charge on any atom is 0.203 e. The van der Waals surface area contributed by atoms with Crippen LogP contribution in [0.5, 0.6) is 0 Å². The molecule has 0 amide bonds. The molecule has 164 valence electrons. The number of nitrogens with one attached hydrogen (secondary N) is 1. The smallest absolute Gasteiger partial charge is 0.203 e. The zero-order valence-electron chi connectivity index (χ0n) is 17.0. The van der Waals surface area contributed by atoms with Gasteiger partial charge in [0.15, 0.2) is 4.34 Å². The number of aromatic nitrogens is 2. The van der Waals surface area contributed by atoms with E-state index in [9.17, 15) is 0 Å². The lowest BCUT2D eigenvalue weighted by molar-refractivity contribution is 1.27. The highest BCUT2D eigenvalue weighted by Gasteiger charge is 2.11. The van der Waals surface area contributed by atoms with Crippen molar-refractivity contribution in [1.82, 2.24) is 9.97 Å². The van der Waals surface area contributed by atoms with Gasteiger partial charge in [0, 0.05) is 21.7 Å². The Morgan fingerprint density at radius 3 is 2.61 bits per heavy atom. The van der Waals surface area contributed by atoms with Crippen molar-refractivity contribution in [3.63, 3.8) is 0 Å². The average Bonchev–Trinajstić information content (AvgIpc) is 3.46. The summed E-state index contributed by atoms with van der Waals surface area (Å²) in [6, 6.07) is 23.7. The highest BCUT2D eigenvalue weighted by molar-refractivity contribution is 8.01. The summed E-state index contributed by atoms with van der Waals surface area (Å²) in [5.41, 5.74) is 7.74. The number of hydrazone groups is 1. The highest BCUT2D eigenvalue weighted by Crippen LogP contribution is 2.33. The van der Waals surface area contributed by atoms with Crippen molar-refractivity contribution in [2.75, 3.05) is 11.2 Å². The number of nitrogens with zero attached hydrogens (tertiary/aromatic N) is 3. The number of hydrogen-bond acceptors (Lipinski definition) is 7. The van der Waals surface area contributed by atoms with E-state index in [1.165, 1.54) is 16.0 Å². The quantitative estimate of drug-likeness (QED) is 0.131. The molecule has 0 radical (unpaired) electrons. The molecule has 0 aliphatic heterocycles. The van der Waals surface area contributed by atoms with Crippen molar-refractivity contribution in [2.45, 2.75) is 4.34 Å². The second-order valence-electron chi connectivity index (χ2n) is 6.93. The van der Waals surface area contributed by atoms with E-state index in [1.54, 1.807) is 35.2 Å². The Bertz CT molecular complexity index is 1400. The van der Waals surface area contributed by atoms with E-state index in [0.29, 0.717) is 20.9 Å². The molecule has 5 rings (SSSR count). The van der Waals surface area contributed by atoms with Gasteiger partial charge in [-0.3, -0.25) is 5.43 Å². The number of benzene rings is 3. The molecule has 0 aliphatic carbocycles. The molecule has 3 aromatic carbocycles. The third-order valence-electron chi connectivity index (χ3n) is 4.71. The van der Waals surface area contributed by atoms with Crippen molar-refractivity contribution in [3.8, 4) is 11.3 Å². The lowest BCUT2D eigenvalue weighted by atomic mass is 10.1. The number of hydrogen-bond donors (Lipinski definition) is 1. The van der Waals surface area contributed by atoms with Crippen LogP contribution in [0.4, 0.5) is 5.13 Å². The van der Waals surface area contributed by atoms with Gasteiger partial charge in [0.2, 0.25) is 5.13 Å². The molecule has 0 atom stereocenters. The minimum atomic E-state index is 0.570. The fraction of sp³-hybridized carbons (Fsp3) is 0.0417. The first-order valence-corrected chi connectivity index (χ1v) is 13.4. The van der Waals surface area contributed by atoms with Gasteiger partial charge < -0.3 is 0 Å². The van der Waals surface area contributed by atoms with Gasteiger partial charge >= 0.3 is 0 Å². The van der Waals surface area contributed by atoms with Crippen molar-refractivity contribution < 1.29 is 0 Å². The molecule has 0 saturated carbocycles. The monoisotopic (exact) mass is 526 g/mol. The van der Waals surface area contributed by atoms with Gasteiger partial charge in [-0.05, 0) is 35.9 Å². The molecule has 0 saturated heterocycles. The topological polar surface area (TPSA) is 50.2 Å². The van der Waals surface area contributed by atoms with E-state index < -0.39 is 0 Å². The summed E-state index contributed by atoms with van der Waals surface area (Å²) in [5, 5.41) is 8.50. The maximum atomic E-state index is 6.33. The Balaban J connectivity index is 1.35. The molecule has 1 N–H and O–H groups in total. The molecule has 33 heavy (non-hydrogen) atoms. The summed E-state index contributed by atoms with van der Waals surface area (Å²) in [7, 11) is 0. The number of fused-ring (bicyclic) bond motifs is 1. The van der Waals surface area contributed by atoms with Crippen LogP contribution in [0.2, 0.25) is 10.0 Å². The number of para-hydroxylation sites is 1. The van der Waals surface area contributed by atoms with Gasteiger partial charge in [-0.15, -0.1) is 22.7 Å². The lowest BCUT2D eigenvalue weighted by Crippen LogP contribution is -2.07. The molecule has 2 aromatic heterocycles. The number of halogens is 2. The van der Waals surface area contributed by atoms with Gasteiger partial charge in [0.25, 0.3) is 0 Å². The van der Waals surface area contributed by atoms with Crippen LogP contribution in [-0.2, 0) is 0 Å². The number of anilines is 1. The van der Waals surface area contributed by atoms with E-state index in [2.05, 4.69) is 28.6 Å². The third kappa shape index (κ3) is 5.39. The van der Waals surface area contributed by atoms with Crippen LogP contribution in [-0.4, -0.2) is 21.4 Å². The van der Waals surface area contributed by atoms with E-state index in [0.717, 1.165) is 32.4 Å². The van der Waals surface area contributed by atoms with Gasteiger partial charge in [-0.1, -0.05) is 77.4 Å². The van der Waals surface area contributed by atoms with Crippen LogP contribution >= 0.6 is 57.6 Å². The Labute approximate surface area is 213 Å². The van der Waals surface area contributed by atoms with E-state index in [-0.39, 0.29) is 0 Å². The first-order chi connectivity index (χ1) is 16.2. The van der Waals surface area contributed by atoms with Crippen molar-refractivity contribution in [3.05, 3.63) is 93.8 Å². The number of rotatable bonds is 7. The number of thiazole rings is 2. The van der Waals surface area contributed by atoms with Crippen LogP contribution < -0.4 is 5.43 Å². The summed E-state index contributed by atoms with van der Waals surface area (Å²) in [6.45, 7) is 0. The predicted molar refractivity (Wildman–Crippen MR) is 145 cm³/mol. The van der Waals surface area contributed by atoms with Crippen LogP contribution in [0.3, 0.4) is 0 Å². The van der Waals surface area contributed by atoms with Crippen molar-refractivity contribution in [2.24, 2.45) is 5.10 Å². The molecule has 4 nitrogen and oxygen atoms in total. The Morgan fingerprint density at radius 2 is 1.79 bits per heavy atom. The zero-order chi connectivity index (χ0) is 22.6. The fourth-order valence-electron chi connectivity index (χ4n) is 3.11. The van der Waals surface area contributed by atoms with E-state index >= 15 is 0 Å². The molecule has 5 aromatic rings. The molecule has 0 aliphatic rings. The normalized spacial score (nSPS) is 11.8. The fourth-order valence-corrected chi connectivity index (χ4v) is 6.31. The van der Waals surface area contributed by atoms with Gasteiger partial charge in [0.1, 0.15) is 0 Å². The molecule has 9 heteroatoms. The molecule has 0 fully saturated rings. The number of thioether (sulfide) groups is 1. The zero-order valence-corrected chi connectivity index (χ0v) is 21.0. The first kappa shape index (κ1) is 22.4. The summed E-state index contributed by atoms with van der Waals surface area (Å²) < 4.78 is 2.21. The average molecular weight is 528 g/mol. The van der Waals surface area contributed by atoms with Gasteiger partial charge in [-0.25, -0.2) is 9.97 Å². The largest absolute Gasteiger partial charge is 0.252 e.